The fraction of sp³-hybridized carbons (Fsp3) is 0.917. The summed E-state index contributed by atoms with van der Waals surface area (Å²) in [5, 5.41) is 0. The molecular formula is C12H26N4O. The van der Waals surface area contributed by atoms with Gasteiger partial charge < -0.3 is 9.64 Å². The number of hydrazine groups is 1. The third kappa shape index (κ3) is 4.52. The summed E-state index contributed by atoms with van der Waals surface area (Å²) in [4.78, 5) is 6.78. The van der Waals surface area contributed by atoms with Crippen LogP contribution in [0.5, 0.6) is 0 Å². The predicted octanol–water partition coefficient (Wildman–Crippen LogP) is 0.963. The van der Waals surface area contributed by atoms with Gasteiger partial charge in [0.1, 0.15) is 0 Å². The number of rotatable bonds is 4. The van der Waals surface area contributed by atoms with Crippen molar-refractivity contribution in [3.63, 3.8) is 0 Å². The van der Waals surface area contributed by atoms with E-state index in [1.165, 1.54) is 19.3 Å². The van der Waals surface area contributed by atoms with Gasteiger partial charge in [-0.25, -0.2) is 10.8 Å². The van der Waals surface area contributed by atoms with Crippen molar-refractivity contribution in [2.45, 2.75) is 39.2 Å². The van der Waals surface area contributed by atoms with E-state index < -0.39 is 0 Å². The summed E-state index contributed by atoms with van der Waals surface area (Å²) in [6, 6.07) is 0.134. The average molecular weight is 242 g/mol. The monoisotopic (exact) mass is 242 g/mol. The van der Waals surface area contributed by atoms with Gasteiger partial charge >= 0.3 is 0 Å². The number of nitrogens with zero attached hydrogens (tertiary/aromatic N) is 2. The zero-order valence-electron chi connectivity index (χ0n) is 11.3. The summed E-state index contributed by atoms with van der Waals surface area (Å²) in [7, 11) is 1.69. The Morgan fingerprint density at radius 1 is 1.53 bits per heavy atom. The maximum absolute atomic E-state index is 5.55. The van der Waals surface area contributed by atoms with Gasteiger partial charge in [-0.05, 0) is 25.7 Å². The van der Waals surface area contributed by atoms with Crippen LogP contribution in [-0.2, 0) is 4.74 Å². The molecule has 1 aliphatic rings. The average Bonchev–Trinajstić information content (AvgIpc) is 2.36. The molecule has 0 aliphatic carbocycles. The molecule has 17 heavy (non-hydrogen) atoms. The number of aliphatic imine (C=N–C) groups is 1. The van der Waals surface area contributed by atoms with Gasteiger partial charge in [-0.15, -0.1) is 0 Å². The molecule has 0 radical (unpaired) electrons. The van der Waals surface area contributed by atoms with Gasteiger partial charge in [0.25, 0.3) is 0 Å². The third-order valence-electron chi connectivity index (χ3n) is 3.37. The molecule has 5 nitrogen and oxygen atoms in total. The fourth-order valence-electron chi connectivity index (χ4n) is 2.25. The van der Waals surface area contributed by atoms with Crippen molar-refractivity contribution >= 4 is 5.96 Å². The second kappa shape index (κ2) is 7.50. The Morgan fingerprint density at radius 3 is 2.65 bits per heavy atom. The molecular weight excluding hydrogens is 216 g/mol. The van der Waals surface area contributed by atoms with Crippen LogP contribution in [0.2, 0.25) is 0 Å². The van der Waals surface area contributed by atoms with Crippen LogP contribution in [-0.4, -0.2) is 43.7 Å². The number of ether oxygens (including phenoxy) is 1. The van der Waals surface area contributed by atoms with E-state index >= 15 is 0 Å². The lowest BCUT2D eigenvalue weighted by Crippen LogP contribution is -2.48. The normalized spacial score (nSPS) is 20.5. The SMILES string of the molecule is CCC1CCN(C(=NC(C)COC)NN)CC1. The molecule has 0 saturated carbocycles. The van der Waals surface area contributed by atoms with Crippen molar-refractivity contribution in [3.8, 4) is 0 Å². The number of guanidine groups is 1. The van der Waals surface area contributed by atoms with E-state index in [9.17, 15) is 0 Å². The zero-order chi connectivity index (χ0) is 12.7. The zero-order valence-corrected chi connectivity index (χ0v) is 11.3. The maximum Gasteiger partial charge on any atom is 0.208 e. The highest BCUT2D eigenvalue weighted by molar-refractivity contribution is 5.79. The van der Waals surface area contributed by atoms with Crippen molar-refractivity contribution in [3.05, 3.63) is 0 Å². The lowest BCUT2D eigenvalue weighted by atomic mass is 9.95. The minimum atomic E-state index is 0.134. The molecule has 0 bridgehead atoms. The first-order valence-electron chi connectivity index (χ1n) is 6.49. The van der Waals surface area contributed by atoms with Crippen LogP contribution in [0.1, 0.15) is 33.1 Å². The van der Waals surface area contributed by atoms with E-state index in [0.29, 0.717) is 6.61 Å². The highest BCUT2D eigenvalue weighted by Crippen LogP contribution is 2.19. The number of piperidine rings is 1. The summed E-state index contributed by atoms with van der Waals surface area (Å²) in [6.07, 6.45) is 3.74. The molecule has 0 spiro atoms. The first-order chi connectivity index (χ1) is 8.21. The molecule has 1 unspecified atom stereocenters. The van der Waals surface area contributed by atoms with Crippen LogP contribution >= 0.6 is 0 Å². The Labute approximate surface area is 104 Å². The van der Waals surface area contributed by atoms with Gasteiger partial charge in [0.15, 0.2) is 0 Å². The van der Waals surface area contributed by atoms with Gasteiger partial charge in [-0.1, -0.05) is 13.3 Å². The first kappa shape index (κ1) is 14.3. The second-order valence-corrected chi connectivity index (χ2v) is 4.74. The minimum Gasteiger partial charge on any atom is -0.382 e. The molecule has 100 valence electrons. The van der Waals surface area contributed by atoms with Crippen LogP contribution in [0.25, 0.3) is 0 Å². The predicted molar refractivity (Wildman–Crippen MR) is 70.7 cm³/mol. The quantitative estimate of drug-likeness (QED) is 0.334. The van der Waals surface area contributed by atoms with Gasteiger partial charge in [0.05, 0.1) is 12.6 Å². The van der Waals surface area contributed by atoms with Crippen LogP contribution in [0.3, 0.4) is 0 Å². The number of hydrogen-bond acceptors (Lipinski definition) is 3. The Kier molecular flexibility index (Phi) is 6.29. The van der Waals surface area contributed by atoms with E-state index in [-0.39, 0.29) is 6.04 Å². The van der Waals surface area contributed by atoms with E-state index in [1.807, 2.05) is 6.92 Å². The Hall–Kier alpha value is -0.810. The van der Waals surface area contributed by atoms with Crippen LogP contribution in [0.4, 0.5) is 0 Å². The molecule has 1 fully saturated rings. The highest BCUT2D eigenvalue weighted by Gasteiger charge is 2.20. The number of likely N-dealkylation sites (tertiary alicyclic amines) is 1. The first-order valence-corrected chi connectivity index (χ1v) is 6.49. The summed E-state index contributed by atoms with van der Waals surface area (Å²) in [5.74, 6) is 7.21. The molecule has 3 N–H and O–H groups in total. The largest absolute Gasteiger partial charge is 0.382 e. The Morgan fingerprint density at radius 2 is 2.18 bits per heavy atom. The van der Waals surface area contributed by atoms with E-state index in [2.05, 4.69) is 22.2 Å². The van der Waals surface area contributed by atoms with E-state index in [0.717, 1.165) is 25.0 Å². The minimum absolute atomic E-state index is 0.134. The molecule has 0 aromatic carbocycles. The summed E-state index contributed by atoms with van der Waals surface area (Å²) in [6.45, 7) is 7.00. The van der Waals surface area contributed by atoms with Crippen molar-refractivity contribution in [2.24, 2.45) is 16.8 Å². The van der Waals surface area contributed by atoms with Crippen molar-refractivity contribution in [1.82, 2.24) is 10.3 Å². The molecule has 0 amide bonds. The third-order valence-corrected chi connectivity index (χ3v) is 3.37. The Bertz CT molecular complexity index is 237. The molecule has 1 atom stereocenters. The Balaban J connectivity index is 2.50. The van der Waals surface area contributed by atoms with Gasteiger partial charge in [0.2, 0.25) is 5.96 Å². The molecule has 1 aliphatic heterocycles. The summed E-state index contributed by atoms with van der Waals surface area (Å²) in [5.41, 5.74) is 2.71. The highest BCUT2D eigenvalue weighted by atomic mass is 16.5. The number of hydrogen-bond donors (Lipinski definition) is 2. The van der Waals surface area contributed by atoms with Crippen molar-refractivity contribution in [1.29, 1.82) is 0 Å². The van der Waals surface area contributed by atoms with Crippen molar-refractivity contribution in [2.75, 3.05) is 26.8 Å². The molecule has 1 saturated heterocycles. The van der Waals surface area contributed by atoms with E-state index in [1.54, 1.807) is 7.11 Å². The number of nitrogens with one attached hydrogen (secondary N) is 1. The molecule has 0 aromatic rings. The van der Waals surface area contributed by atoms with Crippen LogP contribution in [0.15, 0.2) is 4.99 Å². The molecule has 5 heteroatoms. The van der Waals surface area contributed by atoms with Gasteiger partial charge in [-0.3, -0.25) is 5.43 Å². The molecule has 0 aromatic heterocycles. The van der Waals surface area contributed by atoms with Crippen LogP contribution in [0, 0.1) is 5.92 Å². The lowest BCUT2D eigenvalue weighted by molar-refractivity contribution is 0.184. The maximum atomic E-state index is 5.55. The van der Waals surface area contributed by atoms with E-state index in [4.69, 9.17) is 10.6 Å². The summed E-state index contributed by atoms with van der Waals surface area (Å²) < 4.78 is 5.08. The van der Waals surface area contributed by atoms with Crippen LogP contribution < -0.4 is 11.3 Å². The van der Waals surface area contributed by atoms with Gasteiger partial charge in [-0.2, -0.15) is 0 Å². The standard InChI is InChI=1S/C12H26N4O/c1-4-11-5-7-16(8-6-11)12(15-13)14-10(2)9-17-3/h10-11H,4-9,13H2,1-3H3,(H,14,15). The number of nitrogens with two attached hydrogens (primary N) is 1. The fourth-order valence-corrected chi connectivity index (χ4v) is 2.25. The number of methoxy groups -OCH3 is 1. The van der Waals surface area contributed by atoms with Crippen molar-refractivity contribution < 1.29 is 4.74 Å². The topological polar surface area (TPSA) is 62.9 Å². The molecule has 1 heterocycles. The van der Waals surface area contributed by atoms with Gasteiger partial charge in [0, 0.05) is 20.2 Å². The lowest BCUT2D eigenvalue weighted by Gasteiger charge is -2.33. The summed E-state index contributed by atoms with van der Waals surface area (Å²) >= 11 is 0. The smallest absolute Gasteiger partial charge is 0.208 e. The molecule has 1 rings (SSSR count). The second-order valence-electron chi connectivity index (χ2n) is 4.74.